The van der Waals surface area contributed by atoms with Crippen molar-refractivity contribution in [3.05, 3.63) is 46.9 Å². The van der Waals surface area contributed by atoms with Crippen LogP contribution < -0.4 is 10.6 Å². The highest BCUT2D eigenvalue weighted by Gasteiger charge is 2.33. The lowest BCUT2D eigenvalue weighted by Gasteiger charge is -2.31. The molecule has 1 unspecified atom stereocenters. The fourth-order valence-corrected chi connectivity index (χ4v) is 2.70. The minimum Gasteiger partial charge on any atom is -0.463 e. The molecule has 0 saturated heterocycles. The quantitative estimate of drug-likeness (QED) is 0.645. The number of rotatable bonds is 5. The molecule has 2 rings (SSSR count). The van der Waals surface area contributed by atoms with Gasteiger partial charge in [0.15, 0.2) is 5.11 Å². The van der Waals surface area contributed by atoms with Gasteiger partial charge in [-0.25, -0.2) is 9.18 Å². The molecule has 0 saturated carbocycles. The molecule has 0 bridgehead atoms. The van der Waals surface area contributed by atoms with Gasteiger partial charge in [0.1, 0.15) is 5.82 Å². The molecule has 6 heteroatoms. The van der Waals surface area contributed by atoms with Gasteiger partial charge in [0.2, 0.25) is 0 Å². The van der Waals surface area contributed by atoms with Gasteiger partial charge in [-0.3, -0.25) is 0 Å². The number of nitrogens with one attached hydrogen (secondary N) is 2. The predicted octanol–water partition coefficient (Wildman–Crippen LogP) is 2.96. The highest BCUT2D eigenvalue weighted by molar-refractivity contribution is 7.80. The summed E-state index contributed by atoms with van der Waals surface area (Å²) in [6.45, 7) is 4.00. The van der Waals surface area contributed by atoms with Crippen molar-refractivity contribution >= 4 is 23.3 Å². The second-order valence-electron chi connectivity index (χ2n) is 4.92. The van der Waals surface area contributed by atoms with Crippen LogP contribution in [-0.2, 0) is 9.53 Å². The maximum atomic E-state index is 14.2. The molecule has 0 aliphatic carbocycles. The second-order valence-corrected chi connectivity index (χ2v) is 5.32. The number of esters is 1. The van der Waals surface area contributed by atoms with Gasteiger partial charge in [0, 0.05) is 11.3 Å². The van der Waals surface area contributed by atoms with E-state index in [0.717, 1.165) is 6.42 Å². The van der Waals surface area contributed by atoms with Crippen molar-refractivity contribution in [2.45, 2.75) is 32.7 Å². The van der Waals surface area contributed by atoms with Gasteiger partial charge in [0.25, 0.3) is 0 Å². The molecule has 1 atom stereocenters. The SMILES string of the molecule is CCCC1=C(C(=O)OCC)C(c2ccccc2F)NC(=S)N1. The zero-order valence-corrected chi connectivity index (χ0v) is 13.4. The van der Waals surface area contributed by atoms with E-state index in [0.29, 0.717) is 28.4 Å². The first kappa shape index (κ1) is 16.4. The molecule has 1 aliphatic rings. The Balaban J connectivity index is 2.52. The van der Waals surface area contributed by atoms with Gasteiger partial charge in [-0.15, -0.1) is 0 Å². The Hall–Kier alpha value is -1.95. The van der Waals surface area contributed by atoms with Crippen LogP contribution in [0.25, 0.3) is 0 Å². The molecule has 1 heterocycles. The van der Waals surface area contributed by atoms with Gasteiger partial charge in [-0.1, -0.05) is 31.5 Å². The third-order valence-electron chi connectivity index (χ3n) is 3.37. The van der Waals surface area contributed by atoms with Crippen LogP contribution in [0.2, 0.25) is 0 Å². The minimum absolute atomic E-state index is 0.260. The van der Waals surface area contributed by atoms with Crippen LogP contribution in [0, 0.1) is 5.82 Å². The third-order valence-corrected chi connectivity index (χ3v) is 3.59. The first-order valence-electron chi connectivity index (χ1n) is 7.30. The van der Waals surface area contributed by atoms with Gasteiger partial charge in [-0.05, 0) is 31.6 Å². The van der Waals surface area contributed by atoms with Crippen LogP contribution in [0.5, 0.6) is 0 Å². The number of ether oxygens (including phenoxy) is 1. The van der Waals surface area contributed by atoms with Crippen LogP contribution in [0.4, 0.5) is 4.39 Å². The van der Waals surface area contributed by atoms with E-state index < -0.39 is 12.0 Å². The second kappa shape index (κ2) is 7.35. The molecule has 118 valence electrons. The van der Waals surface area contributed by atoms with Crippen LogP contribution in [0.1, 0.15) is 38.3 Å². The van der Waals surface area contributed by atoms with Crippen molar-refractivity contribution in [3.63, 3.8) is 0 Å². The summed E-state index contributed by atoms with van der Waals surface area (Å²) in [5.41, 5.74) is 1.46. The first-order chi connectivity index (χ1) is 10.6. The van der Waals surface area contributed by atoms with Crippen LogP contribution in [-0.4, -0.2) is 17.7 Å². The van der Waals surface area contributed by atoms with Gasteiger partial charge in [0.05, 0.1) is 18.2 Å². The number of carbonyl (C=O) groups excluding carboxylic acids is 1. The maximum absolute atomic E-state index is 14.2. The van der Waals surface area contributed by atoms with Gasteiger partial charge in [-0.2, -0.15) is 0 Å². The Morgan fingerprint density at radius 2 is 2.09 bits per heavy atom. The molecule has 22 heavy (non-hydrogen) atoms. The molecule has 4 nitrogen and oxygen atoms in total. The van der Waals surface area contributed by atoms with Gasteiger partial charge < -0.3 is 15.4 Å². The Bertz CT molecular complexity index is 616. The number of hydrogen-bond donors (Lipinski definition) is 2. The molecular formula is C16H19FN2O2S. The smallest absolute Gasteiger partial charge is 0.338 e. The Morgan fingerprint density at radius 3 is 2.73 bits per heavy atom. The average molecular weight is 322 g/mol. The fraction of sp³-hybridized carbons (Fsp3) is 0.375. The number of benzene rings is 1. The highest BCUT2D eigenvalue weighted by atomic mass is 32.1. The first-order valence-corrected chi connectivity index (χ1v) is 7.71. The van der Waals surface area contributed by atoms with E-state index in [-0.39, 0.29) is 12.4 Å². The lowest BCUT2D eigenvalue weighted by molar-refractivity contribution is -0.139. The molecule has 0 radical (unpaired) electrons. The van der Waals surface area contributed by atoms with E-state index in [9.17, 15) is 9.18 Å². The number of thiocarbonyl (C=S) groups is 1. The normalized spacial score (nSPS) is 17.8. The van der Waals surface area contributed by atoms with Crippen molar-refractivity contribution in [3.8, 4) is 0 Å². The monoisotopic (exact) mass is 322 g/mol. The standard InChI is InChI=1S/C16H19FN2O2S/c1-3-7-12-13(15(20)21-4-2)14(19-16(22)18-12)10-8-5-6-9-11(10)17/h5-6,8-9,14H,3-4,7H2,1-2H3,(H2,18,19,22). The van der Waals surface area contributed by atoms with E-state index >= 15 is 0 Å². The zero-order chi connectivity index (χ0) is 16.1. The maximum Gasteiger partial charge on any atom is 0.338 e. The van der Waals surface area contributed by atoms with Crippen molar-refractivity contribution in [2.24, 2.45) is 0 Å². The van der Waals surface area contributed by atoms with E-state index in [1.807, 2.05) is 6.92 Å². The summed E-state index contributed by atoms with van der Waals surface area (Å²) < 4.78 is 19.3. The Labute approximate surface area is 134 Å². The molecule has 0 fully saturated rings. The Morgan fingerprint density at radius 1 is 1.36 bits per heavy atom. The van der Waals surface area contributed by atoms with E-state index in [1.165, 1.54) is 6.07 Å². The van der Waals surface area contributed by atoms with Crippen molar-refractivity contribution in [1.82, 2.24) is 10.6 Å². The topological polar surface area (TPSA) is 50.4 Å². The molecule has 0 amide bonds. The van der Waals surface area contributed by atoms with Crippen LogP contribution >= 0.6 is 12.2 Å². The van der Waals surface area contributed by atoms with E-state index in [2.05, 4.69) is 10.6 Å². The largest absolute Gasteiger partial charge is 0.463 e. The summed E-state index contributed by atoms with van der Waals surface area (Å²) in [5.74, 6) is -0.843. The van der Waals surface area contributed by atoms with Gasteiger partial charge >= 0.3 is 5.97 Å². The lowest BCUT2D eigenvalue weighted by atomic mass is 9.93. The summed E-state index contributed by atoms with van der Waals surface area (Å²) in [6.07, 6.45) is 1.47. The number of allylic oxidation sites excluding steroid dienone is 1. The van der Waals surface area contributed by atoms with Crippen molar-refractivity contribution in [1.29, 1.82) is 0 Å². The molecule has 0 spiro atoms. The average Bonchev–Trinajstić information content (AvgIpc) is 2.47. The predicted molar refractivity (Wildman–Crippen MR) is 86.6 cm³/mol. The third kappa shape index (κ3) is 3.44. The molecule has 0 aromatic heterocycles. The van der Waals surface area contributed by atoms with E-state index in [4.69, 9.17) is 17.0 Å². The molecule has 2 N–H and O–H groups in total. The Kier molecular flexibility index (Phi) is 5.49. The summed E-state index contributed by atoms with van der Waals surface area (Å²) in [7, 11) is 0. The van der Waals surface area contributed by atoms with Crippen LogP contribution in [0.15, 0.2) is 35.5 Å². The number of carbonyl (C=O) groups is 1. The fourth-order valence-electron chi connectivity index (χ4n) is 2.46. The molecular weight excluding hydrogens is 303 g/mol. The highest BCUT2D eigenvalue weighted by Crippen LogP contribution is 2.30. The van der Waals surface area contributed by atoms with Crippen molar-refractivity contribution < 1.29 is 13.9 Å². The molecule has 1 aromatic rings. The minimum atomic E-state index is -0.643. The molecule has 1 aliphatic heterocycles. The summed E-state index contributed by atoms with van der Waals surface area (Å²) in [4.78, 5) is 12.4. The van der Waals surface area contributed by atoms with Crippen molar-refractivity contribution in [2.75, 3.05) is 6.61 Å². The lowest BCUT2D eigenvalue weighted by Crippen LogP contribution is -2.46. The number of hydrogen-bond acceptors (Lipinski definition) is 3. The zero-order valence-electron chi connectivity index (χ0n) is 12.6. The summed E-state index contributed by atoms with van der Waals surface area (Å²) >= 11 is 5.19. The summed E-state index contributed by atoms with van der Waals surface area (Å²) in [6, 6.07) is 5.70. The van der Waals surface area contributed by atoms with Crippen LogP contribution in [0.3, 0.4) is 0 Å². The number of halogens is 1. The molecule has 1 aromatic carbocycles. The van der Waals surface area contributed by atoms with E-state index in [1.54, 1.807) is 25.1 Å². The summed E-state index contributed by atoms with van der Waals surface area (Å²) in [5, 5.41) is 6.35.